The van der Waals surface area contributed by atoms with Crippen LogP contribution in [0.3, 0.4) is 0 Å². The van der Waals surface area contributed by atoms with E-state index in [0.717, 1.165) is 11.5 Å². The Balaban J connectivity index is 2.96. The number of hydrogen-bond donors (Lipinski definition) is 2. The molecule has 1 rings (SSSR count). The molecule has 0 aliphatic heterocycles. The van der Waals surface area contributed by atoms with Gasteiger partial charge < -0.3 is 10.4 Å². The molecule has 0 aliphatic rings. The van der Waals surface area contributed by atoms with Crippen molar-refractivity contribution in [3.63, 3.8) is 0 Å². The van der Waals surface area contributed by atoms with Gasteiger partial charge in [-0.3, -0.25) is 4.79 Å². The summed E-state index contributed by atoms with van der Waals surface area (Å²) in [5.74, 6) is -1.59. The Morgan fingerprint density at radius 3 is 2.45 bits per heavy atom. The Labute approximate surface area is 122 Å². The lowest BCUT2D eigenvalue weighted by atomic mass is 9.91. The van der Waals surface area contributed by atoms with Gasteiger partial charge in [-0.05, 0) is 17.5 Å². The van der Waals surface area contributed by atoms with Crippen molar-refractivity contribution in [1.29, 1.82) is 0 Å². The van der Waals surface area contributed by atoms with Gasteiger partial charge in [0.15, 0.2) is 0 Å². The number of nitrogens with zero attached hydrogens (tertiary/aromatic N) is 2. The molecule has 0 radical (unpaired) electrons. The predicted octanol–water partition coefficient (Wildman–Crippen LogP) is 2.06. The van der Waals surface area contributed by atoms with E-state index in [2.05, 4.69) is 14.9 Å². The number of rotatable bonds is 5. The Bertz CT molecular complexity index is 493. The largest absolute Gasteiger partial charge is 0.480 e. The molecule has 7 heteroatoms. The highest BCUT2D eigenvalue weighted by atomic mass is 32.1. The number of hydrogen-bond acceptors (Lipinski definition) is 5. The molecule has 0 fully saturated rings. The normalized spacial score (nSPS) is 14.7. The second-order valence-electron chi connectivity index (χ2n) is 5.88. The van der Waals surface area contributed by atoms with Crippen molar-refractivity contribution < 1.29 is 14.7 Å². The molecule has 1 heterocycles. The highest BCUT2D eigenvalue weighted by Gasteiger charge is 2.30. The van der Waals surface area contributed by atoms with Gasteiger partial charge in [0.1, 0.15) is 10.9 Å². The van der Waals surface area contributed by atoms with Crippen LogP contribution in [0, 0.1) is 5.92 Å². The fourth-order valence-electron chi connectivity index (χ4n) is 1.72. The van der Waals surface area contributed by atoms with E-state index in [1.807, 2.05) is 27.7 Å². The average molecular weight is 299 g/mol. The number of carbonyl (C=O) groups excluding carboxylic acids is 1. The summed E-state index contributed by atoms with van der Waals surface area (Å²) in [5.41, 5.74) is 0.280. The van der Waals surface area contributed by atoms with E-state index in [1.54, 1.807) is 6.92 Å². The summed E-state index contributed by atoms with van der Waals surface area (Å²) in [7, 11) is 0. The molecule has 6 nitrogen and oxygen atoms in total. The lowest BCUT2D eigenvalue weighted by Gasteiger charge is -2.21. The average Bonchev–Trinajstić information content (AvgIpc) is 2.83. The highest BCUT2D eigenvalue weighted by Crippen LogP contribution is 2.25. The molecule has 1 amide bonds. The Hall–Kier alpha value is -1.50. The summed E-state index contributed by atoms with van der Waals surface area (Å²) in [6.07, 6.45) is 0.671. The third-order valence-electron chi connectivity index (χ3n) is 3.17. The van der Waals surface area contributed by atoms with Crippen LogP contribution in [0.4, 0.5) is 0 Å². The standard InChI is InChI=1S/C13H21N3O3S/c1-6-7(2)8(12(18)19)14-11(17)9-10(13(3,4)5)15-16-20-9/h7-8H,6H2,1-5H3,(H,14,17)(H,18,19)/t7-,8-/m0/s1. The van der Waals surface area contributed by atoms with Gasteiger partial charge >= 0.3 is 5.97 Å². The summed E-state index contributed by atoms with van der Waals surface area (Å²) in [4.78, 5) is 23.9. The minimum Gasteiger partial charge on any atom is -0.480 e. The van der Waals surface area contributed by atoms with Crippen LogP contribution in [0.25, 0.3) is 0 Å². The van der Waals surface area contributed by atoms with Crippen molar-refractivity contribution >= 4 is 23.4 Å². The molecular formula is C13H21N3O3S. The van der Waals surface area contributed by atoms with Gasteiger partial charge in [0.25, 0.3) is 5.91 Å². The number of amides is 1. The SMILES string of the molecule is CC[C@H](C)[C@H](NC(=O)c1snnc1C(C)(C)C)C(=O)O. The van der Waals surface area contributed by atoms with E-state index in [4.69, 9.17) is 0 Å². The summed E-state index contributed by atoms with van der Waals surface area (Å²) in [6, 6.07) is -0.901. The molecule has 20 heavy (non-hydrogen) atoms. The molecule has 0 aliphatic carbocycles. The Morgan fingerprint density at radius 1 is 1.40 bits per heavy atom. The number of aromatic nitrogens is 2. The summed E-state index contributed by atoms with van der Waals surface area (Å²) in [6.45, 7) is 9.49. The van der Waals surface area contributed by atoms with E-state index in [0.29, 0.717) is 17.0 Å². The first-order chi connectivity index (χ1) is 9.18. The monoisotopic (exact) mass is 299 g/mol. The van der Waals surface area contributed by atoms with Gasteiger partial charge in [-0.15, -0.1) is 5.10 Å². The van der Waals surface area contributed by atoms with Crippen LogP contribution in [-0.4, -0.2) is 32.6 Å². The molecule has 0 aromatic carbocycles. The minimum absolute atomic E-state index is 0.143. The van der Waals surface area contributed by atoms with Crippen molar-refractivity contribution in [3.8, 4) is 0 Å². The van der Waals surface area contributed by atoms with Crippen LogP contribution in [0.15, 0.2) is 0 Å². The molecule has 0 saturated carbocycles. The van der Waals surface area contributed by atoms with Crippen LogP contribution in [-0.2, 0) is 10.2 Å². The van der Waals surface area contributed by atoms with E-state index in [9.17, 15) is 14.7 Å². The number of carboxylic acid groups (broad SMARTS) is 1. The summed E-state index contributed by atoms with van der Waals surface area (Å²) >= 11 is 0.991. The van der Waals surface area contributed by atoms with Gasteiger partial charge in [-0.25, -0.2) is 4.79 Å². The first kappa shape index (κ1) is 16.6. The second kappa shape index (κ2) is 6.30. The molecular weight excluding hydrogens is 278 g/mol. The molecule has 0 spiro atoms. The van der Waals surface area contributed by atoms with Gasteiger partial charge in [-0.2, -0.15) is 0 Å². The third kappa shape index (κ3) is 3.75. The van der Waals surface area contributed by atoms with Crippen LogP contribution >= 0.6 is 11.5 Å². The maximum atomic E-state index is 12.3. The zero-order valence-electron chi connectivity index (χ0n) is 12.4. The number of aliphatic carboxylic acids is 1. The van der Waals surface area contributed by atoms with E-state index < -0.39 is 17.9 Å². The number of carboxylic acids is 1. The quantitative estimate of drug-likeness (QED) is 0.868. The van der Waals surface area contributed by atoms with Crippen molar-refractivity contribution in [2.45, 2.75) is 52.5 Å². The van der Waals surface area contributed by atoms with Gasteiger partial charge in [0, 0.05) is 5.41 Å². The van der Waals surface area contributed by atoms with Crippen molar-refractivity contribution in [1.82, 2.24) is 14.9 Å². The molecule has 0 saturated heterocycles. The fourth-order valence-corrected chi connectivity index (χ4v) is 2.50. The van der Waals surface area contributed by atoms with E-state index in [1.165, 1.54) is 0 Å². The first-order valence-electron chi connectivity index (χ1n) is 6.55. The molecule has 2 N–H and O–H groups in total. The fraction of sp³-hybridized carbons (Fsp3) is 0.692. The van der Waals surface area contributed by atoms with Gasteiger partial charge in [-0.1, -0.05) is 45.5 Å². The van der Waals surface area contributed by atoms with Crippen LogP contribution < -0.4 is 5.32 Å². The zero-order chi connectivity index (χ0) is 15.5. The lowest BCUT2D eigenvalue weighted by Crippen LogP contribution is -2.45. The maximum absolute atomic E-state index is 12.3. The van der Waals surface area contributed by atoms with E-state index in [-0.39, 0.29) is 11.3 Å². The molecule has 112 valence electrons. The lowest BCUT2D eigenvalue weighted by molar-refractivity contribution is -0.140. The molecule has 1 aromatic heterocycles. The third-order valence-corrected chi connectivity index (χ3v) is 3.89. The maximum Gasteiger partial charge on any atom is 0.326 e. The van der Waals surface area contributed by atoms with Crippen molar-refractivity contribution in [3.05, 3.63) is 10.6 Å². The Kier molecular flexibility index (Phi) is 5.21. The molecule has 1 aromatic rings. The summed E-state index contributed by atoms with van der Waals surface area (Å²) in [5, 5.41) is 15.8. The second-order valence-corrected chi connectivity index (χ2v) is 6.63. The highest BCUT2D eigenvalue weighted by molar-refractivity contribution is 7.08. The Morgan fingerprint density at radius 2 is 2.00 bits per heavy atom. The molecule has 2 atom stereocenters. The minimum atomic E-state index is -1.03. The predicted molar refractivity (Wildman–Crippen MR) is 77.0 cm³/mol. The molecule has 0 bridgehead atoms. The zero-order valence-corrected chi connectivity index (χ0v) is 13.2. The van der Waals surface area contributed by atoms with Crippen molar-refractivity contribution in [2.24, 2.45) is 5.92 Å². The number of nitrogens with one attached hydrogen (secondary N) is 1. The van der Waals surface area contributed by atoms with Gasteiger partial charge in [0.05, 0.1) is 5.69 Å². The summed E-state index contributed by atoms with van der Waals surface area (Å²) < 4.78 is 3.81. The molecule has 0 unspecified atom stereocenters. The first-order valence-corrected chi connectivity index (χ1v) is 7.32. The van der Waals surface area contributed by atoms with E-state index >= 15 is 0 Å². The van der Waals surface area contributed by atoms with Crippen LogP contribution in [0.1, 0.15) is 56.4 Å². The van der Waals surface area contributed by atoms with Crippen LogP contribution in [0.5, 0.6) is 0 Å². The number of carbonyl (C=O) groups is 2. The van der Waals surface area contributed by atoms with Gasteiger partial charge in [0.2, 0.25) is 0 Å². The van der Waals surface area contributed by atoms with Crippen LogP contribution in [0.2, 0.25) is 0 Å². The smallest absolute Gasteiger partial charge is 0.326 e. The topological polar surface area (TPSA) is 92.2 Å². The van der Waals surface area contributed by atoms with Crippen molar-refractivity contribution in [2.75, 3.05) is 0 Å².